The lowest BCUT2D eigenvalue weighted by molar-refractivity contribution is -0.117. The van der Waals surface area contributed by atoms with Gasteiger partial charge in [0.2, 0.25) is 5.91 Å². The third-order valence-corrected chi connectivity index (χ3v) is 5.84. The van der Waals surface area contributed by atoms with Gasteiger partial charge in [-0.1, -0.05) is 0 Å². The summed E-state index contributed by atoms with van der Waals surface area (Å²) in [7, 11) is -2.27. The number of rotatable bonds is 8. The lowest BCUT2D eigenvalue weighted by Gasteiger charge is -2.17. The first-order chi connectivity index (χ1) is 14.3. The van der Waals surface area contributed by atoms with Crippen LogP contribution in [0.1, 0.15) is 23.7 Å². The topological polar surface area (TPSA) is 99.2 Å². The van der Waals surface area contributed by atoms with E-state index in [0.717, 1.165) is 0 Å². The molecule has 0 saturated carbocycles. The lowest BCUT2D eigenvalue weighted by Crippen LogP contribution is -2.25. The Bertz CT molecular complexity index is 1000. The predicted octanol–water partition coefficient (Wildman–Crippen LogP) is 2.63. The van der Waals surface area contributed by atoms with Gasteiger partial charge in [-0.15, -0.1) is 0 Å². The highest BCUT2D eigenvalue weighted by Crippen LogP contribution is 2.28. The van der Waals surface area contributed by atoms with Gasteiger partial charge in [-0.2, -0.15) is 8.42 Å². The maximum Gasteiger partial charge on any atom is 0.337 e. The van der Waals surface area contributed by atoms with Crippen molar-refractivity contribution in [3.63, 3.8) is 0 Å². The zero-order valence-corrected chi connectivity index (χ0v) is 17.6. The summed E-state index contributed by atoms with van der Waals surface area (Å²) >= 11 is 0. The maximum absolute atomic E-state index is 12.4. The number of hydrogen-bond donors (Lipinski definition) is 0. The van der Waals surface area contributed by atoms with Gasteiger partial charge in [0.25, 0.3) is 0 Å². The predicted molar refractivity (Wildman–Crippen MR) is 110 cm³/mol. The second-order valence-corrected chi connectivity index (χ2v) is 8.68. The summed E-state index contributed by atoms with van der Waals surface area (Å²) in [6.45, 7) is 2.35. The van der Waals surface area contributed by atoms with Gasteiger partial charge in [-0.25, -0.2) is 4.79 Å². The highest BCUT2D eigenvalue weighted by Gasteiger charge is 2.31. The van der Waals surface area contributed by atoms with Crippen molar-refractivity contribution in [1.29, 1.82) is 0 Å². The van der Waals surface area contributed by atoms with E-state index in [1.807, 2.05) is 0 Å². The molecule has 1 amide bonds. The van der Waals surface area contributed by atoms with Gasteiger partial charge in [-0.3, -0.25) is 4.79 Å². The fourth-order valence-corrected chi connectivity index (χ4v) is 3.57. The lowest BCUT2D eigenvalue weighted by atomic mass is 10.1. The molecule has 2 aromatic rings. The molecule has 0 bridgehead atoms. The summed E-state index contributed by atoms with van der Waals surface area (Å²) in [6, 6.07) is 13.0. The van der Waals surface area contributed by atoms with Crippen LogP contribution in [-0.4, -0.2) is 46.3 Å². The van der Waals surface area contributed by atoms with Gasteiger partial charge in [-0.05, 0) is 55.5 Å². The van der Waals surface area contributed by atoms with E-state index in [-0.39, 0.29) is 23.3 Å². The summed E-state index contributed by atoms with van der Waals surface area (Å²) in [5.41, 5.74) is 1.11. The quantitative estimate of drug-likeness (QED) is 0.466. The number of anilines is 1. The molecule has 0 N–H and O–H groups in total. The highest BCUT2D eigenvalue weighted by atomic mass is 32.2. The highest BCUT2D eigenvalue weighted by molar-refractivity contribution is 7.87. The molecule has 1 fully saturated rings. The molecule has 0 aliphatic carbocycles. The Morgan fingerprint density at radius 1 is 1.07 bits per heavy atom. The number of carbonyl (C=O) groups is 2. The van der Waals surface area contributed by atoms with Crippen LogP contribution < -0.4 is 13.8 Å². The van der Waals surface area contributed by atoms with Crippen molar-refractivity contribution in [3.05, 3.63) is 54.1 Å². The molecular formula is C21H23NO7S. The van der Waals surface area contributed by atoms with Crippen molar-refractivity contribution in [3.8, 4) is 11.5 Å². The van der Waals surface area contributed by atoms with E-state index >= 15 is 0 Å². The first kappa shape index (κ1) is 21.6. The van der Waals surface area contributed by atoms with Gasteiger partial charge in [0.05, 0.1) is 25.0 Å². The fourth-order valence-electron chi connectivity index (χ4n) is 3.05. The monoisotopic (exact) mass is 433 g/mol. The largest absolute Gasteiger partial charge is 0.493 e. The Balaban J connectivity index is 1.56. The Kier molecular flexibility index (Phi) is 6.61. The Morgan fingerprint density at radius 2 is 1.70 bits per heavy atom. The third-order valence-electron chi connectivity index (χ3n) is 4.69. The van der Waals surface area contributed by atoms with E-state index in [4.69, 9.17) is 8.92 Å². The zero-order valence-electron chi connectivity index (χ0n) is 16.7. The van der Waals surface area contributed by atoms with Crippen LogP contribution in [0.2, 0.25) is 0 Å². The van der Waals surface area contributed by atoms with Gasteiger partial charge in [0.1, 0.15) is 11.5 Å². The number of benzene rings is 2. The number of methoxy groups -OCH3 is 1. The standard InChI is InChI=1S/C21H23NO7S/c1-3-30(25,26)29-19-10-6-17(7-11-19)22-13-15(12-20(22)23)14-28-18-8-4-16(5-9-18)21(24)27-2/h4-11,15H,3,12-14H2,1-2H3. The van der Waals surface area contributed by atoms with Crippen LogP contribution in [-0.2, 0) is 19.6 Å². The van der Waals surface area contributed by atoms with E-state index in [1.165, 1.54) is 26.2 Å². The number of hydrogen-bond acceptors (Lipinski definition) is 7. The minimum Gasteiger partial charge on any atom is -0.493 e. The summed E-state index contributed by atoms with van der Waals surface area (Å²) in [5, 5.41) is 0. The molecule has 0 radical (unpaired) electrons. The summed E-state index contributed by atoms with van der Waals surface area (Å²) in [5.74, 6) is 0.262. The second kappa shape index (κ2) is 9.17. The first-order valence-corrected chi connectivity index (χ1v) is 11.0. The van der Waals surface area contributed by atoms with Crippen LogP contribution in [0, 0.1) is 5.92 Å². The maximum atomic E-state index is 12.4. The van der Waals surface area contributed by atoms with Crippen molar-refractivity contribution in [2.24, 2.45) is 5.92 Å². The Hall–Kier alpha value is -3.07. The molecule has 3 rings (SSSR count). The number of ether oxygens (including phenoxy) is 2. The van der Waals surface area contributed by atoms with E-state index in [0.29, 0.717) is 36.6 Å². The van der Waals surface area contributed by atoms with Crippen LogP contribution in [0.4, 0.5) is 5.69 Å². The first-order valence-electron chi connectivity index (χ1n) is 9.45. The molecule has 1 saturated heterocycles. The number of amides is 1. The van der Waals surface area contributed by atoms with E-state index in [9.17, 15) is 18.0 Å². The minimum atomic E-state index is -3.59. The summed E-state index contributed by atoms with van der Waals surface area (Å²) < 4.78 is 38.4. The van der Waals surface area contributed by atoms with Crippen molar-refractivity contribution >= 4 is 27.7 Å². The van der Waals surface area contributed by atoms with Crippen molar-refractivity contribution in [2.45, 2.75) is 13.3 Å². The summed E-state index contributed by atoms with van der Waals surface area (Å²) in [6.07, 6.45) is 0.350. The van der Waals surface area contributed by atoms with Gasteiger partial charge in [0, 0.05) is 24.6 Å². The number of esters is 1. The third kappa shape index (κ3) is 5.29. The molecule has 30 heavy (non-hydrogen) atoms. The van der Waals surface area contributed by atoms with Gasteiger partial charge < -0.3 is 18.6 Å². The SMILES string of the molecule is CCS(=O)(=O)Oc1ccc(N2CC(COc3ccc(C(=O)OC)cc3)CC2=O)cc1. The smallest absolute Gasteiger partial charge is 0.337 e. The average Bonchev–Trinajstić information content (AvgIpc) is 3.13. The van der Waals surface area contributed by atoms with Crippen molar-refractivity contribution in [2.75, 3.05) is 30.9 Å². The molecule has 8 nitrogen and oxygen atoms in total. The minimum absolute atomic E-state index is 0.00850. The van der Waals surface area contributed by atoms with Gasteiger partial charge in [0.15, 0.2) is 0 Å². The number of carbonyl (C=O) groups excluding carboxylic acids is 2. The van der Waals surface area contributed by atoms with Crippen LogP contribution in [0.3, 0.4) is 0 Å². The molecule has 1 aliphatic rings. The molecule has 1 unspecified atom stereocenters. The Morgan fingerprint density at radius 3 is 2.30 bits per heavy atom. The van der Waals surface area contributed by atoms with Gasteiger partial charge >= 0.3 is 16.1 Å². The summed E-state index contributed by atoms with van der Waals surface area (Å²) in [4.78, 5) is 25.5. The second-order valence-electron chi connectivity index (χ2n) is 6.83. The van der Waals surface area contributed by atoms with Crippen LogP contribution in [0.25, 0.3) is 0 Å². The molecule has 160 valence electrons. The van der Waals surface area contributed by atoms with Crippen LogP contribution in [0.5, 0.6) is 11.5 Å². The molecule has 1 aliphatic heterocycles. The molecular weight excluding hydrogens is 410 g/mol. The van der Waals surface area contributed by atoms with Crippen LogP contribution in [0.15, 0.2) is 48.5 Å². The molecule has 1 atom stereocenters. The van der Waals surface area contributed by atoms with E-state index in [1.54, 1.807) is 41.3 Å². The Labute approximate surface area is 175 Å². The number of nitrogens with zero attached hydrogens (tertiary/aromatic N) is 1. The molecule has 0 spiro atoms. The molecule has 0 aromatic heterocycles. The average molecular weight is 433 g/mol. The zero-order chi connectivity index (χ0) is 21.7. The molecule has 9 heteroatoms. The molecule has 2 aromatic carbocycles. The van der Waals surface area contributed by atoms with Crippen molar-refractivity contribution < 1.29 is 31.7 Å². The van der Waals surface area contributed by atoms with Crippen molar-refractivity contribution in [1.82, 2.24) is 0 Å². The fraction of sp³-hybridized carbons (Fsp3) is 0.333. The van der Waals surface area contributed by atoms with Crippen LogP contribution >= 0.6 is 0 Å². The molecule has 1 heterocycles. The normalized spacial score (nSPS) is 16.4. The van der Waals surface area contributed by atoms with E-state index in [2.05, 4.69) is 4.74 Å². The van der Waals surface area contributed by atoms with E-state index < -0.39 is 16.1 Å².